The van der Waals surface area contributed by atoms with E-state index >= 15 is 0 Å². The minimum atomic E-state index is -0.587. The van der Waals surface area contributed by atoms with Gasteiger partial charge in [-0.1, -0.05) is 20.8 Å². The third-order valence-corrected chi connectivity index (χ3v) is 3.43. The summed E-state index contributed by atoms with van der Waals surface area (Å²) in [5.74, 6) is 1.14. The summed E-state index contributed by atoms with van der Waals surface area (Å²) in [6.45, 7) is 6.77. The first-order chi connectivity index (χ1) is 7.96. The molecule has 0 N–H and O–H groups in total. The molecule has 0 amide bonds. The average molecular weight is 236 g/mol. The lowest BCUT2D eigenvalue weighted by Gasteiger charge is -2.39. The maximum atomic E-state index is 10.2. The van der Waals surface area contributed by atoms with Crippen LogP contribution in [0.25, 0.3) is 0 Å². The molecular formula is C13H20N2O2. The fourth-order valence-electron chi connectivity index (χ4n) is 3.28. The normalized spacial score (nSPS) is 28.6. The van der Waals surface area contributed by atoms with Crippen LogP contribution in [0.5, 0.6) is 0 Å². The minimum Gasteiger partial charge on any atom is -0.211 e. The number of hydrogen-bond acceptors (Lipinski definition) is 4. The summed E-state index contributed by atoms with van der Waals surface area (Å²) >= 11 is 0. The van der Waals surface area contributed by atoms with Gasteiger partial charge in [0.25, 0.3) is 0 Å². The van der Waals surface area contributed by atoms with E-state index in [0.717, 1.165) is 12.8 Å². The molecule has 4 heteroatoms. The summed E-state index contributed by atoms with van der Waals surface area (Å²) in [7, 11) is 0. The zero-order valence-electron chi connectivity index (χ0n) is 10.8. The van der Waals surface area contributed by atoms with E-state index in [2.05, 4.69) is 30.8 Å². The van der Waals surface area contributed by atoms with E-state index in [1.807, 2.05) is 0 Å². The van der Waals surface area contributed by atoms with E-state index in [0.29, 0.717) is 23.7 Å². The van der Waals surface area contributed by atoms with Crippen molar-refractivity contribution in [3.8, 4) is 0 Å². The molecule has 1 aliphatic carbocycles. The first-order valence-electron chi connectivity index (χ1n) is 6.11. The van der Waals surface area contributed by atoms with Crippen LogP contribution in [0.3, 0.4) is 0 Å². The summed E-state index contributed by atoms with van der Waals surface area (Å²) < 4.78 is 0. The Kier molecular flexibility index (Phi) is 4.80. The molecule has 0 spiro atoms. The van der Waals surface area contributed by atoms with Gasteiger partial charge < -0.3 is 0 Å². The summed E-state index contributed by atoms with van der Waals surface area (Å²) in [5, 5.41) is 0. The van der Waals surface area contributed by atoms with Crippen LogP contribution >= 0.6 is 0 Å². The van der Waals surface area contributed by atoms with Gasteiger partial charge in [0.2, 0.25) is 12.2 Å². The molecule has 0 aromatic carbocycles. The van der Waals surface area contributed by atoms with Crippen LogP contribution in [-0.4, -0.2) is 18.3 Å². The molecule has 0 saturated heterocycles. The van der Waals surface area contributed by atoms with E-state index in [9.17, 15) is 9.59 Å². The van der Waals surface area contributed by atoms with E-state index < -0.39 is 6.17 Å². The standard InChI is InChI=1S/C13H20N2O2/c1-10-4-11(7-13(2,3)6-10)5-12(14-8-16)15-9-17/h10-12H,4-7H2,1-3H3. The van der Waals surface area contributed by atoms with Gasteiger partial charge in [0.1, 0.15) is 0 Å². The van der Waals surface area contributed by atoms with Crippen LogP contribution in [-0.2, 0) is 9.59 Å². The highest BCUT2D eigenvalue weighted by Crippen LogP contribution is 2.43. The Balaban J connectivity index is 2.66. The molecule has 1 saturated carbocycles. The smallest absolute Gasteiger partial charge is 0.211 e. The van der Waals surface area contributed by atoms with Crippen molar-refractivity contribution < 1.29 is 9.59 Å². The van der Waals surface area contributed by atoms with Gasteiger partial charge in [-0.2, -0.15) is 9.98 Å². The fourth-order valence-corrected chi connectivity index (χ4v) is 3.28. The molecule has 17 heavy (non-hydrogen) atoms. The Labute approximate surface area is 102 Å². The highest BCUT2D eigenvalue weighted by atomic mass is 16.1. The monoisotopic (exact) mass is 236 g/mol. The van der Waals surface area contributed by atoms with Gasteiger partial charge in [-0.05, 0) is 42.9 Å². The van der Waals surface area contributed by atoms with Crippen LogP contribution < -0.4 is 0 Å². The van der Waals surface area contributed by atoms with Crippen LogP contribution in [0.4, 0.5) is 0 Å². The van der Waals surface area contributed by atoms with Gasteiger partial charge in [0.05, 0.1) is 0 Å². The van der Waals surface area contributed by atoms with Crippen molar-refractivity contribution >= 4 is 12.2 Å². The number of hydrogen-bond donors (Lipinski definition) is 0. The molecule has 2 atom stereocenters. The SMILES string of the molecule is CC1CC(CC(N=C=O)N=C=O)CC(C)(C)C1. The predicted molar refractivity (Wildman–Crippen MR) is 64.9 cm³/mol. The Hall–Kier alpha value is -1.24. The third-order valence-electron chi connectivity index (χ3n) is 3.43. The molecule has 0 aromatic heterocycles. The van der Waals surface area contributed by atoms with Gasteiger partial charge in [-0.15, -0.1) is 0 Å². The molecule has 0 bridgehead atoms. The largest absolute Gasteiger partial charge is 0.237 e. The summed E-state index contributed by atoms with van der Waals surface area (Å²) in [4.78, 5) is 27.6. The van der Waals surface area contributed by atoms with Gasteiger partial charge in [-0.25, -0.2) is 9.59 Å². The second kappa shape index (κ2) is 5.90. The van der Waals surface area contributed by atoms with Crippen LogP contribution in [0.1, 0.15) is 46.5 Å². The quantitative estimate of drug-likeness (QED) is 0.556. The zero-order valence-corrected chi connectivity index (χ0v) is 10.8. The van der Waals surface area contributed by atoms with Gasteiger partial charge >= 0.3 is 0 Å². The van der Waals surface area contributed by atoms with Crippen LogP contribution in [0.2, 0.25) is 0 Å². The molecular weight excluding hydrogens is 216 g/mol. The van der Waals surface area contributed by atoms with Gasteiger partial charge in [0.15, 0.2) is 6.17 Å². The molecule has 1 rings (SSSR count). The lowest BCUT2D eigenvalue weighted by Crippen LogP contribution is -2.29. The molecule has 94 valence electrons. The molecule has 0 heterocycles. The number of isocyanates is 2. The number of rotatable bonds is 4. The lowest BCUT2D eigenvalue weighted by molar-refractivity contribution is 0.123. The lowest BCUT2D eigenvalue weighted by atomic mass is 9.67. The predicted octanol–water partition coefficient (Wildman–Crippen LogP) is 2.84. The highest BCUT2D eigenvalue weighted by Gasteiger charge is 2.33. The number of aliphatic imine (C=N–C) groups is 2. The Bertz CT molecular complexity index is 334. The highest BCUT2D eigenvalue weighted by molar-refractivity contribution is 5.36. The summed E-state index contributed by atoms with van der Waals surface area (Å²) in [5.41, 5.74) is 0.322. The average Bonchev–Trinajstić information content (AvgIpc) is 2.14. The summed E-state index contributed by atoms with van der Waals surface area (Å²) in [6.07, 6.45) is 6.45. The van der Waals surface area contributed by atoms with Crippen molar-refractivity contribution in [3.05, 3.63) is 0 Å². The molecule has 2 unspecified atom stereocenters. The molecule has 1 aliphatic rings. The van der Waals surface area contributed by atoms with E-state index in [-0.39, 0.29) is 0 Å². The molecule has 0 aromatic rings. The molecule has 0 radical (unpaired) electrons. The van der Waals surface area contributed by atoms with Crippen molar-refractivity contribution in [1.82, 2.24) is 0 Å². The van der Waals surface area contributed by atoms with Crippen molar-refractivity contribution in [2.45, 2.75) is 52.6 Å². The first-order valence-corrected chi connectivity index (χ1v) is 6.11. The van der Waals surface area contributed by atoms with Crippen LogP contribution in [0.15, 0.2) is 9.98 Å². The Morgan fingerprint density at radius 2 is 1.82 bits per heavy atom. The maximum absolute atomic E-state index is 10.2. The van der Waals surface area contributed by atoms with Crippen molar-refractivity contribution in [2.75, 3.05) is 0 Å². The van der Waals surface area contributed by atoms with Crippen molar-refractivity contribution in [2.24, 2.45) is 27.2 Å². The Morgan fingerprint density at radius 1 is 1.24 bits per heavy atom. The van der Waals surface area contributed by atoms with Gasteiger partial charge in [-0.3, -0.25) is 0 Å². The molecule has 0 aliphatic heterocycles. The van der Waals surface area contributed by atoms with E-state index in [1.165, 1.54) is 18.6 Å². The summed E-state index contributed by atoms with van der Waals surface area (Å²) in [6, 6.07) is 0. The topological polar surface area (TPSA) is 58.9 Å². The van der Waals surface area contributed by atoms with Crippen molar-refractivity contribution in [1.29, 1.82) is 0 Å². The number of nitrogens with zero attached hydrogens (tertiary/aromatic N) is 2. The third kappa shape index (κ3) is 4.64. The zero-order chi connectivity index (χ0) is 12.9. The maximum Gasteiger partial charge on any atom is 0.237 e. The minimum absolute atomic E-state index is 0.322. The van der Waals surface area contributed by atoms with Gasteiger partial charge in [0, 0.05) is 0 Å². The number of carbonyl (C=O) groups excluding carboxylic acids is 2. The first kappa shape index (κ1) is 13.8. The fraction of sp³-hybridized carbons (Fsp3) is 0.846. The van der Waals surface area contributed by atoms with Crippen LogP contribution in [0, 0.1) is 17.3 Å². The Morgan fingerprint density at radius 3 is 2.29 bits per heavy atom. The van der Waals surface area contributed by atoms with Crippen molar-refractivity contribution in [3.63, 3.8) is 0 Å². The molecule has 1 fully saturated rings. The van der Waals surface area contributed by atoms with E-state index in [1.54, 1.807) is 0 Å². The molecule has 4 nitrogen and oxygen atoms in total. The second-order valence-corrected chi connectivity index (χ2v) is 5.94. The second-order valence-electron chi connectivity index (χ2n) is 5.94. The van der Waals surface area contributed by atoms with E-state index in [4.69, 9.17) is 0 Å².